The molecule has 0 aromatic heterocycles. The van der Waals surface area contributed by atoms with Crippen LogP contribution in [0.5, 0.6) is 0 Å². The first-order valence-electron chi connectivity index (χ1n) is 5.12. The Hall–Kier alpha value is -1.10. The standard InChI is InChI=1S/C10H21N3O2/c1-7(2)5-8(3)13(4)6-9(14)12-10(11)15/h7-8H,5-6H2,1-4H3,(H3,11,12,14,15)/t8-/m0/s1. The Labute approximate surface area is 91.0 Å². The van der Waals surface area contributed by atoms with Gasteiger partial charge in [-0.2, -0.15) is 0 Å². The average Bonchev–Trinajstić information content (AvgIpc) is 2.00. The average molecular weight is 215 g/mol. The van der Waals surface area contributed by atoms with Gasteiger partial charge in [-0.15, -0.1) is 0 Å². The molecule has 0 saturated heterocycles. The molecule has 0 aliphatic carbocycles. The minimum atomic E-state index is -0.801. The van der Waals surface area contributed by atoms with E-state index in [1.165, 1.54) is 0 Å². The number of rotatable bonds is 5. The van der Waals surface area contributed by atoms with Crippen molar-refractivity contribution in [2.75, 3.05) is 13.6 Å². The zero-order valence-corrected chi connectivity index (χ0v) is 9.91. The Kier molecular flexibility index (Phi) is 5.93. The Morgan fingerprint density at radius 1 is 1.33 bits per heavy atom. The Morgan fingerprint density at radius 3 is 2.27 bits per heavy atom. The summed E-state index contributed by atoms with van der Waals surface area (Å²) in [6.07, 6.45) is 1.01. The van der Waals surface area contributed by atoms with Gasteiger partial charge in [0.2, 0.25) is 5.91 Å². The highest BCUT2D eigenvalue weighted by molar-refractivity contribution is 5.94. The third-order valence-corrected chi connectivity index (χ3v) is 2.22. The van der Waals surface area contributed by atoms with E-state index >= 15 is 0 Å². The number of hydrogen-bond donors (Lipinski definition) is 2. The number of nitrogens with one attached hydrogen (secondary N) is 1. The molecule has 15 heavy (non-hydrogen) atoms. The molecule has 0 radical (unpaired) electrons. The third-order valence-electron chi connectivity index (χ3n) is 2.22. The first kappa shape index (κ1) is 13.9. The van der Waals surface area contributed by atoms with Crippen LogP contribution >= 0.6 is 0 Å². The summed E-state index contributed by atoms with van der Waals surface area (Å²) >= 11 is 0. The molecule has 1 atom stereocenters. The normalized spacial score (nSPS) is 12.9. The van der Waals surface area contributed by atoms with Gasteiger partial charge in [0, 0.05) is 6.04 Å². The van der Waals surface area contributed by atoms with Crippen molar-refractivity contribution in [1.82, 2.24) is 10.2 Å². The first-order valence-corrected chi connectivity index (χ1v) is 5.12. The van der Waals surface area contributed by atoms with Crippen molar-refractivity contribution >= 4 is 11.9 Å². The molecule has 0 fully saturated rings. The SMILES string of the molecule is CC(C)C[C@H](C)N(C)CC(=O)NC(N)=O. The van der Waals surface area contributed by atoms with Gasteiger partial charge in [-0.1, -0.05) is 13.8 Å². The number of nitrogens with zero attached hydrogens (tertiary/aromatic N) is 1. The third kappa shape index (κ3) is 6.90. The van der Waals surface area contributed by atoms with Gasteiger partial charge in [0.1, 0.15) is 0 Å². The summed E-state index contributed by atoms with van der Waals surface area (Å²) in [5, 5.41) is 2.04. The van der Waals surface area contributed by atoms with Crippen LogP contribution in [0.3, 0.4) is 0 Å². The summed E-state index contributed by atoms with van der Waals surface area (Å²) < 4.78 is 0. The van der Waals surface area contributed by atoms with E-state index in [4.69, 9.17) is 5.73 Å². The zero-order chi connectivity index (χ0) is 12.0. The maximum Gasteiger partial charge on any atom is 0.318 e. The number of carbonyl (C=O) groups is 2. The number of primary amides is 1. The van der Waals surface area contributed by atoms with Gasteiger partial charge in [-0.3, -0.25) is 15.0 Å². The van der Waals surface area contributed by atoms with Crippen LogP contribution in [0.25, 0.3) is 0 Å². The van der Waals surface area contributed by atoms with Crippen LogP contribution < -0.4 is 11.1 Å². The van der Waals surface area contributed by atoms with Crippen molar-refractivity contribution in [2.45, 2.75) is 33.2 Å². The maximum atomic E-state index is 11.2. The molecule has 0 saturated carbocycles. The molecule has 3 N–H and O–H groups in total. The molecular weight excluding hydrogens is 194 g/mol. The lowest BCUT2D eigenvalue weighted by atomic mass is 10.0. The lowest BCUT2D eigenvalue weighted by Gasteiger charge is -2.25. The number of hydrogen-bond acceptors (Lipinski definition) is 3. The van der Waals surface area contributed by atoms with E-state index in [0.717, 1.165) is 6.42 Å². The molecule has 0 aromatic carbocycles. The van der Waals surface area contributed by atoms with E-state index in [2.05, 4.69) is 20.8 Å². The van der Waals surface area contributed by atoms with Crippen LogP contribution in [0.2, 0.25) is 0 Å². The summed E-state index contributed by atoms with van der Waals surface area (Å²) in [7, 11) is 1.85. The van der Waals surface area contributed by atoms with E-state index in [1.807, 2.05) is 17.3 Å². The van der Waals surface area contributed by atoms with Gasteiger partial charge >= 0.3 is 6.03 Å². The van der Waals surface area contributed by atoms with Crippen LogP contribution in [0.15, 0.2) is 0 Å². The van der Waals surface area contributed by atoms with Crippen molar-refractivity contribution in [2.24, 2.45) is 11.7 Å². The molecule has 0 bridgehead atoms. The summed E-state index contributed by atoms with van der Waals surface area (Å²) in [5.74, 6) is 0.224. The van der Waals surface area contributed by atoms with Crippen molar-refractivity contribution in [1.29, 1.82) is 0 Å². The van der Waals surface area contributed by atoms with Gasteiger partial charge in [0.05, 0.1) is 6.54 Å². The largest absolute Gasteiger partial charge is 0.351 e. The van der Waals surface area contributed by atoms with Crippen molar-refractivity contribution < 1.29 is 9.59 Å². The molecule has 0 unspecified atom stereocenters. The summed E-state index contributed by atoms with van der Waals surface area (Å²) in [6, 6.07) is -0.492. The Morgan fingerprint density at radius 2 is 1.87 bits per heavy atom. The van der Waals surface area contributed by atoms with Crippen LogP contribution in [-0.2, 0) is 4.79 Å². The molecule has 0 rings (SSSR count). The van der Waals surface area contributed by atoms with E-state index in [9.17, 15) is 9.59 Å². The van der Waals surface area contributed by atoms with Crippen LogP contribution in [-0.4, -0.2) is 36.5 Å². The molecule has 5 nitrogen and oxygen atoms in total. The van der Waals surface area contributed by atoms with E-state index < -0.39 is 6.03 Å². The molecular formula is C10H21N3O2. The predicted molar refractivity (Wildman–Crippen MR) is 59.3 cm³/mol. The molecule has 0 aromatic rings. The number of nitrogens with two attached hydrogens (primary N) is 1. The van der Waals surface area contributed by atoms with Gasteiger partial charge in [-0.05, 0) is 26.3 Å². The Bertz CT molecular complexity index is 229. The van der Waals surface area contributed by atoms with Crippen molar-refractivity contribution in [3.05, 3.63) is 0 Å². The molecule has 0 spiro atoms. The van der Waals surface area contributed by atoms with Gasteiger partial charge in [0.25, 0.3) is 0 Å². The number of amides is 3. The topological polar surface area (TPSA) is 75.4 Å². The second-order valence-electron chi connectivity index (χ2n) is 4.31. The van der Waals surface area contributed by atoms with Crippen LogP contribution in [0.4, 0.5) is 4.79 Å². The fourth-order valence-electron chi connectivity index (χ4n) is 1.42. The summed E-state index contributed by atoms with van der Waals surface area (Å²) in [6.45, 7) is 6.51. The lowest BCUT2D eigenvalue weighted by molar-refractivity contribution is -0.121. The number of carbonyl (C=O) groups excluding carboxylic acids is 2. The first-order chi connectivity index (χ1) is 6.82. The van der Waals surface area contributed by atoms with E-state index in [1.54, 1.807) is 0 Å². The molecule has 0 aliphatic heterocycles. The van der Waals surface area contributed by atoms with E-state index in [0.29, 0.717) is 12.0 Å². The van der Waals surface area contributed by atoms with Crippen LogP contribution in [0, 0.1) is 5.92 Å². The molecule has 3 amide bonds. The molecule has 0 aliphatic rings. The number of urea groups is 1. The lowest BCUT2D eigenvalue weighted by Crippen LogP contribution is -2.43. The van der Waals surface area contributed by atoms with Crippen molar-refractivity contribution in [3.63, 3.8) is 0 Å². The zero-order valence-electron chi connectivity index (χ0n) is 9.91. The van der Waals surface area contributed by atoms with Crippen molar-refractivity contribution in [3.8, 4) is 0 Å². The molecule has 5 heteroatoms. The highest BCUT2D eigenvalue weighted by atomic mass is 16.2. The maximum absolute atomic E-state index is 11.2. The predicted octanol–water partition coefficient (Wildman–Crippen LogP) is 0.548. The van der Waals surface area contributed by atoms with Gasteiger partial charge in [0.15, 0.2) is 0 Å². The highest BCUT2D eigenvalue weighted by Crippen LogP contribution is 2.08. The second-order valence-corrected chi connectivity index (χ2v) is 4.31. The Balaban J connectivity index is 3.95. The number of likely N-dealkylation sites (N-methyl/N-ethyl adjacent to an activating group) is 1. The van der Waals surface area contributed by atoms with E-state index in [-0.39, 0.29) is 12.5 Å². The van der Waals surface area contributed by atoms with Crippen LogP contribution in [0.1, 0.15) is 27.2 Å². The minimum absolute atomic E-state index is 0.191. The number of imide groups is 1. The summed E-state index contributed by atoms with van der Waals surface area (Å²) in [5.41, 5.74) is 4.84. The van der Waals surface area contributed by atoms with Gasteiger partial charge in [-0.25, -0.2) is 4.79 Å². The fraction of sp³-hybridized carbons (Fsp3) is 0.800. The second kappa shape index (κ2) is 6.40. The monoisotopic (exact) mass is 215 g/mol. The molecule has 88 valence electrons. The fourth-order valence-corrected chi connectivity index (χ4v) is 1.42. The van der Waals surface area contributed by atoms with Gasteiger partial charge < -0.3 is 5.73 Å². The summed E-state index contributed by atoms with van der Waals surface area (Å²) in [4.78, 5) is 23.5. The molecule has 0 heterocycles. The quantitative estimate of drug-likeness (QED) is 0.703. The highest BCUT2D eigenvalue weighted by Gasteiger charge is 2.14. The smallest absolute Gasteiger partial charge is 0.318 e. The minimum Gasteiger partial charge on any atom is -0.351 e.